The molecule has 26 heavy (non-hydrogen) atoms. The highest BCUT2D eigenvalue weighted by molar-refractivity contribution is 9.10. The number of H-pyrrole nitrogens is 1. The van der Waals surface area contributed by atoms with Gasteiger partial charge < -0.3 is 14.8 Å². The number of halogens is 3. The third-order valence-electron chi connectivity index (χ3n) is 3.66. The van der Waals surface area contributed by atoms with E-state index in [4.69, 9.17) is 21.1 Å². The Morgan fingerprint density at radius 1 is 1.27 bits per heavy atom. The molecule has 0 fully saturated rings. The van der Waals surface area contributed by atoms with E-state index in [0.29, 0.717) is 29.0 Å². The molecule has 1 aromatic heterocycles. The van der Waals surface area contributed by atoms with Gasteiger partial charge in [-0.05, 0) is 24.3 Å². The number of aromatic amines is 1. The van der Waals surface area contributed by atoms with Crippen molar-refractivity contribution < 1.29 is 13.9 Å². The van der Waals surface area contributed by atoms with Crippen molar-refractivity contribution in [3.05, 3.63) is 63.1 Å². The van der Waals surface area contributed by atoms with E-state index >= 15 is 0 Å². The summed E-state index contributed by atoms with van der Waals surface area (Å²) in [5, 5.41) is 9.91. The smallest absolute Gasteiger partial charge is 0.218 e. The molecule has 0 amide bonds. The molecular formula is C17H15BrClFN4O2. The minimum atomic E-state index is -0.423. The molecule has 9 heteroatoms. The molecule has 0 unspecified atom stereocenters. The van der Waals surface area contributed by atoms with Gasteiger partial charge in [0.2, 0.25) is 5.95 Å². The maximum Gasteiger partial charge on any atom is 0.218 e. The van der Waals surface area contributed by atoms with Crippen LogP contribution >= 0.6 is 27.5 Å². The Morgan fingerprint density at radius 3 is 2.81 bits per heavy atom. The second-order valence-electron chi connectivity index (χ2n) is 5.23. The Bertz CT molecular complexity index is 872. The molecule has 136 valence electrons. The van der Waals surface area contributed by atoms with E-state index < -0.39 is 5.82 Å². The molecule has 1 heterocycles. The molecule has 0 saturated carbocycles. The molecule has 3 aromatic rings. The summed E-state index contributed by atoms with van der Waals surface area (Å²) in [6.45, 7) is 0.348. The van der Waals surface area contributed by atoms with Crippen molar-refractivity contribution in [2.24, 2.45) is 0 Å². The lowest BCUT2D eigenvalue weighted by atomic mass is 10.1. The van der Waals surface area contributed by atoms with Crippen molar-refractivity contribution in [3.8, 4) is 11.5 Å². The van der Waals surface area contributed by atoms with Crippen molar-refractivity contribution >= 4 is 33.5 Å². The lowest BCUT2D eigenvalue weighted by Crippen LogP contribution is -2.08. The number of methoxy groups -OCH3 is 1. The SMILES string of the molecule is COc1ccc(Br)c(CNc2ncn[nH]2)c1OCc1c(F)cccc1Cl. The van der Waals surface area contributed by atoms with Crippen molar-refractivity contribution in [2.75, 3.05) is 12.4 Å². The van der Waals surface area contributed by atoms with Crippen LogP contribution in [0, 0.1) is 5.82 Å². The van der Waals surface area contributed by atoms with Crippen LogP contribution in [0.1, 0.15) is 11.1 Å². The van der Waals surface area contributed by atoms with Gasteiger partial charge >= 0.3 is 0 Å². The number of ether oxygens (including phenoxy) is 2. The quantitative estimate of drug-likeness (QED) is 0.562. The van der Waals surface area contributed by atoms with Crippen LogP contribution in [0.4, 0.5) is 10.3 Å². The average Bonchev–Trinajstić information content (AvgIpc) is 3.14. The van der Waals surface area contributed by atoms with Crippen molar-refractivity contribution in [1.29, 1.82) is 0 Å². The fraction of sp³-hybridized carbons (Fsp3) is 0.176. The highest BCUT2D eigenvalue weighted by atomic mass is 79.9. The van der Waals surface area contributed by atoms with Crippen LogP contribution in [0.25, 0.3) is 0 Å². The Hall–Kier alpha value is -2.32. The van der Waals surface area contributed by atoms with E-state index in [9.17, 15) is 4.39 Å². The second-order valence-corrected chi connectivity index (χ2v) is 6.50. The highest BCUT2D eigenvalue weighted by Gasteiger charge is 2.17. The maximum atomic E-state index is 14.0. The van der Waals surface area contributed by atoms with Crippen LogP contribution in [0.3, 0.4) is 0 Å². The maximum absolute atomic E-state index is 14.0. The molecule has 0 radical (unpaired) electrons. The predicted octanol–water partition coefficient (Wildman–Crippen LogP) is 4.56. The van der Waals surface area contributed by atoms with E-state index in [1.54, 1.807) is 25.3 Å². The monoisotopic (exact) mass is 440 g/mol. The lowest BCUT2D eigenvalue weighted by Gasteiger charge is -2.17. The van der Waals surface area contributed by atoms with Gasteiger partial charge in [-0.1, -0.05) is 33.6 Å². The minimum Gasteiger partial charge on any atom is -0.493 e. The van der Waals surface area contributed by atoms with Crippen LogP contribution < -0.4 is 14.8 Å². The molecule has 0 aliphatic rings. The van der Waals surface area contributed by atoms with Gasteiger partial charge in [-0.15, -0.1) is 0 Å². The van der Waals surface area contributed by atoms with Crippen LogP contribution in [0.15, 0.2) is 41.1 Å². The summed E-state index contributed by atoms with van der Waals surface area (Å²) in [6.07, 6.45) is 1.40. The van der Waals surface area contributed by atoms with E-state index in [1.165, 1.54) is 12.4 Å². The van der Waals surface area contributed by atoms with Crippen LogP contribution in [0.5, 0.6) is 11.5 Å². The molecular weight excluding hydrogens is 427 g/mol. The topological polar surface area (TPSA) is 72.1 Å². The molecule has 2 N–H and O–H groups in total. The van der Waals surface area contributed by atoms with Gasteiger partial charge in [0.1, 0.15) is 18.8 Å². The molecule has 0 spiro atoms. The fourth-order valence-electron chi connectivity index (χ4n) is 2.34. The largest absolute Gasteiger partial charge is 0.493 e. The number of anilines is 1. The van der Waals surface area contributed by atoms with Gasteiger partial charge in [0.15, 0.2) is 11.5 Å². The summed E-state index contributed by atoms with van der Waals surface area (Å²) < 4.78 is 26.1. The van der Waals surface area contributed by atoms with E-state index in [0.717, 1.165) is 10.0 Å². The minimum absolute atomic E-state index is 0.0341. The zero-order valence-corrected chi connectivity index (χ0v) is 16.1. The summed E-state index contributed by atoms with van der Waals surface area (Å²) in [7, 11) is 1.54. The zero-order chi connectivity index (χ0) is 18.5. The highest BCUT2D eigenvalue weighted by Crippen LogP contribution is 2.37. The lowest BCUT2D eigenvalue weighted by molar-refractivity contribution is 0.277. The van der Waals surface area contributed by atoms with Crippen LogP contribution in [-0.4, -0.2) is 22.3 Å². The van der Waals surface area contributed by atoms with Crippen LogP contribution in [-0.2, 0) is 13.2 Å². The van der Waals surface area contributed by atoms with Gasteiger partial charge in [-0.3, -0.25) is 0 Å². The normalized spacial score (nSPS) is 10.6. The summed E-state index contributed by atoms with van der Waals surface area (Å²) in [4.78, 5) is 4.02. The summed E-state index contributed by atoms with van der Waals surface area (Å²) in [5.41, 5.74) is 1.07. The number of nitrogens with zero attached hydrogens (tertiary/aromatic N) is 2. The van der Waals surface area contributed by atoms with E-state index in [2.05, 4.69) is 36.4 Å². The van der Waals surface area contributed by atoms with Gasteiger partial charge in [-0.25, -0.2) is 14.5 Å². The number of nitrogens with one attached hydrogen (secondary N) is 2. The second kappa shape index (κ2) is 8.37. The number of hydrogen-bond acceptors (Lipinski definition) is 5. The molecule has 0 atom stereocenters. The number of aromatic nitrogens is 3. The first-order chi connectivity index (χ1) is 12.6. The molecule has 2 aromatic carbocycles. The van der Waals surface area contributed by atoms with Crippen LogP contribution in [0.2, 0.25) is 5.02 Å². The molecule has 6 nitrogen and oxygen atoms in total. The van der Waals surface area contributed by atoms with Gasteiger partial charge in [-0.2, -0.15) is 5.10 Å². The first-order valence-corrected chi connectivity index (χ1v) is 8.77. The molecule has 0 saturated heterocycles. The van der Waals surface area contributed by atoms with Crippen molar-refractivity contribution in [3.63, 3.8) is 0 Å². The number of rotatable bonds is 7. The third-order valence-corrected chi connectivity index (χ3v) is 4.75. The summed E-state index contributed by atoms with van der Waals surface area (Å²) >= 11 is 9.59. The molecule has 3 rings (SSSR count). The first kappa shape index (κ1) is 18.5. The van der Waals surface area contributed by atoms with Gasteiger partial charge in [0, 0.05) is 22.1 Å². The van der Waals surface area contributed by atoms with E-state index in [-0.39, 0.29) is 12.2 Å². The Morgan fingerprint density at radius 2 is 2.12 bits per heavy atom. The van der Waals surface area contributed by atoms with Crippen molar-refractivity contribution in [2.45, 2.75) is 13.2 Å². The summed E-state index contributed by atoms with van der Waals surface area (Å²) in [6, 6.07) is 8.12. The first-order valence-electron chi connectivity index (χ1n) is 7.60. The molecule has 0 bridgehead atoms. The summed E-state index contributed by atoms with van der Waals surface area (Å²) in [5.74, 6) is 1.10. The predicted molar refractivity (Wildman–Crippen MR) is 100 cm³/mol. The van der Waals surface area contributed by atoms with Gasteiger partial charge in [0.25, 0.3) is 0 Å². The van der Waals surface area contributed by atoms with Gasteiger partial charge in [0.05, 0.1) is 12.1 Å². The number of benzene rings is 2. The van der Waals surface area contributed by atoms with E-state index in [1.807, 2.05) is 6.07 Å². The van der Waals surface area contributed by atoms with Crippen molar-refractivity contribution in [1.82, 2.24) is 15.2 Å². The molecule has 0 aliphatic heterocycles. The Balaban J connectivity index is 1.87. The number of hydrogen-bond donors (Lipinski definition) is 2. The Labute approximate surface area is 162 Å². The molecule has 0 aliphatic carbocycles. The standard InChI is InChI=1S/C17H15BrClFN4O2/c1-25-15-6-5-12(18)10(7-21-17-22-9-23-24-17)16(15)26-8-11-13(19)3-2-4-14(11)20/h2-6,9H,7-8H2,1H3,(H2,21,22,23,24). The Kier molecular flexibility index (Phi) is 5.95. The third kappa shape index (κ3) is 4.08. The zero-order valence-electron chi connectivity index (χ0n) is 13.7. The fourth-order valence-corrected chi connectivity index (χ4v) is 3.01. The average molecular weight is 442 g/mol.